The van der Waals surface area contributed by atoms with Gasteiger partial charge >= 0.3 is 5.69 Å². The van der Waals surface area contributed by atoms with Crippen molar-refractivity contribution in [3.05, 3.63) is 27.8 Å². The van der Waals surface area contributed by atoms with Crippen LogP contribution in [0.4, 0.5) is 5.69 Å². The van der Waals surface area contributed by atoms with Gasteiger partial charge in [0.05, 0.1) is 4.92 Å². The average molecular weight is 233 g/mol. The van der Waals surface area contributed by atoms with Gasteiger partial charge in [-0.2, -0.15) is 8.42 Å². The Labute approximate surface area is 84.9 Å². The predicted octanol–water partition coefficient (Wildman–Crippen LogP) is 0.856. The zero-order valence-electron chi connectivity index (χ0n) is 7.54. The number of nitro benzene ring substituents is 1. The van der Waals surface area contributed by atoms with E-state index in [1.165, 1.54) is 6.92 Å². The highest BCUT2D eigenvalue weighted by Gasteiger charge is 2.24. The molecule has 0 aliphatic rings. The first kappa shape index (κ1) is 11.4. The zero-order valence-corrected chi connectivity index (χ0v) is 8.35. The van der Waals surface area contributed by atoms with Crippen molar-refractivity contribution in [3.8, 4) is 5.75 Å². The van der Waals surface area contributed by atoms with E-state index in [1.54, 1.807) is 0 Å². The fourth-order valence-electron chi connectivity index (χ4n) is 1.06. The van der Waals surface area contributed by atoms with E-state index in [1.807, 2.05) is 0 Å². The molecule has 0 heterocycles. The summed E-state index contributed by atoms with van der Waals surface area (Å²) in [6.07, 6.45) is 0. The van der Waals surface area contributed by atoms with Crippen LogP contribution >= 0.6 is 0 Å². The Bertz CT molecular complexity index is 521. The zero-order chi connectivity index (χ0) is 11.8. The number of nitrogens with zero attached hydrogens (tertiary/aromatic N) is 1. The Morgan fingerprint density at radius 2 is 1.93 bits per heavy atom. The summed E-state index contributed by atoms with van der Waals surface area (Å²) in [7, 11) is -4.67. The lowest BCUT2D eigenvalue weighted by molar-refractivity contribution is -0.386. The van der Waals surface area contributed by atoms with Crippen molar-refractivity contribution in [1.29, 1.82) is 0 Å². The van der Waals surface area contributed by atoms with E-state index >= 15 is 0 Å². The number of hydrogen-bond acceptors (Lipinski definition) is 5. The summed E-state index contributed by atoms with van der Waals surface area (Å²) >= 11 is 0. The Hall–Kier alpha value is -1.67. The fraction of sp³-hybridized carbons (Fsp3) is 0.143. The molecule has 0 bridgehead atoms. The first-order valence-corrected chi connectivity index (χ1v) is 5.13. The summed E-state index contributed by atoms with van der Waals surface area (Å²) < 4.78 is 30.2. The molecular formula is C7H7NO6S. The Morgan fingerprint density at radius 1 is 1.40 bits per heavy atom. The third-order valence-corrected chi connectivity index (χ3v) is 2.54. The van der Waals surface area contributed by atoms with Crippen molar-refractivity contribution < 1.29 is 23.0 Å². The number of aryl methyl sites for hydroxylation is 1. The third-order valence-electron chi connectivity index (χ3n) is 1.67. The molecule has 0 unspecified atom stereocenters. The van der Waals surface area contributed by atoms with Crippen LogP contribution < -0.4 is 0 Å². The minimum absolute atomic E-state index is 0.243. The van der Waals surface area contributed by atoms with E-state index in [0.29, 0.717) is 0 Å². The molecule has 15 heavy (non-hydrogen) atoms. The summed E-state index contributed by atoms with van der Waals surface area (Å²) in [5.74, 6) is -1.06. The maximum atomic E-state index is 10.8. The van der Waals surface area contributed by atoms with Crippen LogP contribution in [-0.4, -0.2) is 23.0 Å². The largest absolute Gasteiger partial charge is 0.501 e. The Kier molecular flexibility index (Phi) is 2.65. The summed E-state index contributed by atoms with van der Waals surface area (Å²) in [5, 5.41) is 19.7. The van der Waals surface area contributed by atoms with Gasteiger partial charge < -0.3 is 5.11 Å². The first-order valence-electron chi connectivity index (χ1n) is 3.69. The number of aromatic hydroxyl groups is 1. The normalized spacial score (nSPS) is 11.3. The average Bonchev–Trinajstić information content (AvgIpc) is 2.06. The lowest BCUT2D eigenvalue weighted by atomic mass is 10.2. The number of benzene rings is 1. The maximum Gasteiger partial charge on any atom is 0.312 e. The molecule has 1 aromatic rings. The van der Waals surface area contributed by atoms with Gasteiger partial charge in [-0.3, -0.25) is 14.7 Å². The van der Waals surface area contributed by atoms with Gasteiger partial charge in [0, 0.05) is 6.07 Å². The Balaban J connectivity index is 3.63. The molecule has 0 spiro atoms. The van der Waals surface area contributed by atoms with Crippen molar-refractivity contribution in [2.45, 2.75) is 11.8 Å². The van der Waals surface area contributed by atoms with Crippen LogP contribution in [0.2, 0.25) is 0 Å². The molecule has 0 fully saturated rings. The molecule has 0 saturated carbocycles. The summed E-state index contributed by atoms with van der Waals surface area (Å²) in [5.41, 5.74) is -0.519. The van der Waals surface area contributed by atoms with Crippen LogP contribution in [0.5, 0.6) is 5.75 Å². The molecule has 8 heteroatoms. The molecule has 0 aliphatic carbocycles. The monoisotopic (exact) mass is 233 g/mol. The second kappa shape index (κ2) is 3.48. The van der Waals surface area contributed by atoms with Crippen LogP contribution in [0.1, 0.15) is 5.56 Å². The van der Waals surface area contributed by atoms with Gasteiger partial charge in [-0.05, 0) is 18.6 Å². The van der Waals surface area contributed by atoms with E-state index in [9.17, 15) is 23.6 Å². The molecule has 1 aromatic carbocycles. The van der Waals surface area contributed by atoms with E-state index in [-0.39, 0.29) is 5.56 Å². The van der Waals surface area contributed by atoms with E-state index < -0.39 is 31.4 Å². The number of rotatable bonds is 2. The third kappa shape index (κ3) is 2.22. The van der Waals surface area contributed by atoms with Gasteiger partial charge in [-0.1, -0.05) is 0 Å². The number of hydrogen-bond donors (Lipinski definition) is 2. The number of nitro groups is 1. The highest BCUT2D eigenvalue weighted by atomic mass is 32.2. The topological polar surface area (TPSA) is 118 Å². The molecule has 82 valence electrons. The minimum Gasteiger partial charge on any atom is -0.501 e. The second-order valence-corrected chi connectivity index (χ2v) is 4.25. The minimum atomic E-state index is -4.67. The van der Waals surface area contributed by atoms with Crippen LogP contribution in [0, 0.1) is 17.0 Å². The quantitative estimate of drug-likeness (QED) is 0.444. The van der Waals surface area contributed by atoms with Gasteiger partial charge in [-0.25, -0.2) is 0 Å². The Morgan fingerprint density at radius 3 is 2.33 bits per heavy atom. The van der Waals surface area contributed by atoms with Crippen LogP contribution in [0.25, 0.3) is 0 Å². The maximum absolute atomic E-state index is 10.8. The van der Waals surface area contributed by atoms with E-state index in [4.69, 9.17) is 4.55 Å². The molecule has 0 aliphatic heterocycles. The first-order chi connectivity index (χ1) is 6.73. The lowest BCUT2D eigenvalue weighted by Crippen LogP contribution is -2.01. The molecule has 1 rings (SSSR count). The van der Waals surface area contributed by atoms with Crippen LogP contribution in [0.3, 0.4) is 0 Å². The van der Waals surface area contributed by atoms with Gasteiger partial charge in [-0.15, -0.1) is 0 Å². The molecule has 0 atom stereocenters. The van der Waals surface area contributed by atoms with Crippen LogP contribution in [0.15, 0.2) is 17.0 Å². The summed E-state index contributed by atoms with van der Waals surface area (Å²) in [4.78, 5) is 8.62. The van der Waals surface area contributed by atoms with Crippen molar-refractivity contribution >= 4 is 15.8 Å². The fourth-order valence-corrected chi connectivity index (χ4v) is 1.75. The predicted molar refractivity (Wildman–Crippen MR) is 49.3 cm³/mol. The lowest BCUT2D eigenvalue weighted by Gasteiger charge is -2.03. The van der Waals surface area contributed by atoms with Gasteiger partial charge in [0.1, 0.15) is 4.90 Å². The molecule has 0 aromatic heterocycles. The molecule has 7 nitrogen and oxygen atoms in total. The molecule has 0 saturated heterocycles. The summed E-state index contributed by atoms with van der Waals surface area (Å²) in [6, 6.07) is 1.95. The number of phenolic OH excluding ortho intramolecular Hbond substituents is 1. The molecule has 2 N–H and O–H groups in total. The van der Waals surface area contributed by atoms with Gasteiger partial charge in [0.2, 0.25) is 5.75 Å². The SMILES string of the molecule is Cc1cc([N+](=O)[O-])c(O)c(S(=O)(=O)O)c1. The van der Waals surface area contributed by atoms with Crippen LogP contribution in [-0.2, 0) is 10.1 Å². The van der Waals surface area contributed by atoms with Crippen molar-refractivity contribution in [2.75, 3.05) is 0 Å². The van der Waals surface area contributed by atoms with Crippen molar-refractivity contribution in [2.24, 2.45) is 0 Å². The van der Waals surface area contributed by atoms with Crippen molar-refractivity contribution in [1.82, 2.24) is 0 Å². The van der Waals surface area contributed by atoms with E-state index in [0.717, 1.165) is 12.1 Å². The molecular weight excluding hydrogens is 226 g/mol. The van der Waals surface area contributed by atoms with Crippen molar-refractivity contribution in [3.63, 3.8) is 0 Å². The van der Waals surface area contributed by atoms with E-state index in [2.05, 4.69) is 0 Å². The summed E-state index contributed by atoms with van der Waals surface area (Å²) in [6.45, 7) is 1.40. The smallest absolute Gasteiger partial charge is 0.312 e. The standard InChI is InChI=1S/C7H7NO6S/c1-4-2-5(8(10)11)7(9)6(3-4)15(12,13)14/h2-3,9H,1H3,(H,12,13,14). The second-order valence-electron chi connectivity index (χ2n) is 2.86. The highest BCUT2D eigenvalue weighted by molar-refractivity contribution is 7.86. The van der Waals surface area contributed by atoms with Gasteiger partial charge in [0.15, 0.2) is 0 Å². The molecule has 0 radical (unpaired) electrons. The molecule has 0 amide bonds. The number of phenols is 1. The van der Waals surface area contributed by atoms with Gasteiger partial charge in [0.25, 0.3) is 10.1 Å². The highest BCUT2D eigenvalue weighted by Crippen LogP contribution is 2.33.